The molecule has 2 N–H and O–H groups in total. The van der Waals surface area contributed by atoms with Crippen molar-refractivity contribution in [2.75, 3.05) is 24.6 Å². The molecule has 1 heterocycles. The molecule has 0 bridgehead atoms. The van der Waals surface area contributed by atoms with Crippen molar-refractivity contribution in [3.63, 3.8) is 0 Å². The largest absolute Gasteiger partial charge is 0.377 e. The number of rotatable bonds is 4. The third kappa shape index (κ3) is 4.21. The number of nitrogens with two attached hydrogens (primary N) is 1. The number of hydrogen-bond donors (Lipinski definition) is 1. The molecule has 2 atom stereocenters. The van der Waals surface area contributed by atoms with Crippen LogP contribution in [0.1, 0.15) is 32.3 Å². The zero-order valence-electron chi connectivity index (χ0n) is 12.4. The van der Waals surface area contributed by atoms with Crippen LogP contribution in [0.2, 0.25) is 0 Å². The minimum atomic E-state index is 0.249. The van der Waals surface area contributed by atoms with Crippen LogP contribution in [0.5, 0.6) is 0 Å². The lowest BCUT2D eigenvalue weighted by molar-refractivity contribution is 0.0821. The fourth-order valence-corrected chi connectivity index (χ4v) is 3.27. The van der Waals surface area contributed by atoms with Gasteiger partial charge in [-0.1, -0.05) is 13.0 Å². The van der Waals surface area contributed by atoms with Gasteiger partial charge in [0.2, 0.25) is 0 Å². The zero-order chi connectivity index (χ0) is 14.5. The summed E-state index contributed by atoms with van der Waals surface area (Å²) in [4.78, 5) is 2.41. The van der Waals surface area contributed by atoms with E-state index in [4.69, 9.17) is 10.5 Å². The lowest BCUT2D eigenvalue weighted by Gasteiger charge is -2.26. The van der Waals surface area contributed by atoms with Crippen molar-refractivity contribution in [1.82, 2.24) is 0 Å². The van der Waals surface area contributed by atoms with Gasteiger partial charge in [0.05, 0.1) is 11.8 Å². The Hall–Kier alpha value is -0.580. The number of benzene rings is 1. The van der Waals surface area contributed by atoms with E-state index in [9.17, 15) is 0 Å². The molecule has 1 saturated heterocycles. The Morgan fingerprint density at radius 1 is 1.50 bits per heavy atom. The number of hydrogen-bond acceptors (Lipinski definition) is 3. The first-order valence-corrected chi connectivity index (χ1v) is 8.30. The molecule has 0 saturated carbocycles. The van der Waals surface area contributed by atoms with Crippen LogP contribution in [-0.2, 0) is 11.2 Å². The standard InChI is InChI=1S/C16H25BrN2O/c1-3-14(18)9-13-5-6-16(15(17)10-13)19-7-4-8-20-12(2)11-19/h5-6,10,12,14H,3-4,7-9,11,18H2,1-2H3. The fourth-order valence-electron chi connectivity index (χ4n) is 2.59. The van der Waals surface area contributed by atoms with Crippen LogP contribution in [0.4, 0.5) is 5.69 Å². The van der Waals surface area contributed by atoms with Crippen molar-refractivity contribution in [1.29, 1.82) is 0 Å². The van der Waals surface area contributed by atoms with E-state index >= 15 is 0 Å². The van der Waals surface area contributed by atoms with Gasteiger partial charge in [-0.3, -0.25) is 0 Å². The van der Waals surface area contributed by atoms with Crippen molar-refractivity contribution >= 4 is 21.6 Å². The van der Waals surface area contributed by atoms with Crippen LogP contribution < -0.4 is 10.6 Å². The molecule has 1 fully saturated rings. The maximum atomic E-state index is 6.03. The highest BCUT2D eigenvalue weighted by atomic mass is 79.9. The second kappa shape index (κ2) is 7.43. The molecule has 1 aromatic carbocycles. The van der Waals surface area contributed by atoms with Crippen LogP contribution in [-0.4, -0.2) is 31.8 Å². The minimum Gasteiger partial charge on any atom is -0.377 e. The Bertz CT molecular complexity index is 438. The fraction of sp³-hybridized carbons (Fsp3) is 0.625. The number of anilines is 1. The normalized spacial score (nSPS) is 21.6. The predicted molar refractivity (Wildman–Crippen MR) is 88.4 cm³/mol. The molecule has 1 aliphatic rings. The SMILES string of the molecule is CCC(N)Cc1ccc(N2CCCOC(C)C2)c(Br)c1. The molecule has 0 spiro atoms. The first-order valence-electron chi connectivity index (χ1n) is 7.50. The molecule has 0 aliphatic carbocycles. The molecule has 1 aliphatic heterocycles. The maximum Gasteiger partial charge on any atom is 0.0721 e. The lowest BCUT2D eigenvalue weighted by atomic mass is 10.0. The van der Waals surface area contributed by atoms with Crippen LogP contribution in [0.3, 0.4) is 0 Å². The van der Waals surface area contributed by atoms with E-state index in [1.807, 2.05) is 0 Å². The van der Waals surface area contributed by atoms with Crippen LogP contribution in [0.15, 0.2) is 22.7 Å². The second-order valence-corrected chi connectivity index (χ2v) is 6.49. The molecular formula is C16H25BrN2O. The molecule has 3 nitrogen and oxygen atoms in total. The van der Waals surface area contributed by atoms with E-state index < -0.39 is 0 Å². The molecule has 20 heavy (non-hydrogen) atoms. The smallest absolute Gasteiger partial charge is 0.0721 e. The third-order valence-electron chi connectivity index (χ3n) is 3.83. The van der Waals surface area contributed by atoms with Gasteiger partial charge < -0.3 is 15.4 Å². The number of halogens is 1. The summed E-state index contributed by atoms with van der Waals surface area (Å²) >= 11 is 3.72. The molecule has 0 amide bonds. The Labute approximate surface area is 130 Å². The average molecular weight is 341 g/mol. The van der Waals surface area contributed by atoms with Crippen molar-refractivity contribution in [3.05, 3.63) is 28.2 Å². The summed E-state index contributed by atoms with van der Waals surface area (Å²) in [6.07, 6.45) is 3.33. The topological polar surface area (TPSA) is 38.5 Å². The van der Waals surface area contributed by atoms with Gasteiger partial charge in [-0.2, -0.15) is 0 Å². The van der Waals surface area contributed by atoms with Gasteiger partial charge in [0.1, 0.15) is 0 Å². The molecule has 112 valence electrons. The summed E-state index contributed by atoms with van der Waals surface area (Å²) in [5, 5.41) is 0. The predicted octanol–water partition coefficient (Wildman–Crippen LogP) is 3.34. The van der Waals surface area contributed by atoms with Gasteiger partial charge >= 0.3 is 0 Å². The monoisotopic (exact) mass is 340 g/mol. The van der Waals surface area contributed by atoms with E-state index in [1.54, 1.807) is 0 Å². The van der Waals surface area contributed by atoms with Crippen molar-refractivity contribution in [3.8, 4) is 0 Å². The Kier molecular flexibility index (Phi) is 5.87. The molecular weight excluding hydrogens is 316 g/mol. The summed E-state index contributed by atoms with van der Waals surface area (Å²) in [6, 6.07) is 6.87. The Balaban J connectivity index is 2.12. The van der Waals surface area contributed by atoms with Gasteiger partial charge in [-0.15, -0.1) is 0 Å². The van der Waals surface area contributed by atoms with Gasteiger partial charge in [-0.05, 0) is 59.8 Å². The highest BCUT2D eigenvalue weighted by Gasteiger charge is 2.17. The molecule has 1 aromatic rings. The zero-order valence-corrected chi connectivity index (χ0v) is 14.0. The molecule has 2 unspecified atom stereocenters. The summed E-state index contributed by atoms with van der Waals surface area (Å²) in [6.45, 7) is 7.13. The summed E-state index contributed by atoms with van der Waals surface area (Å²) in [5.74, 6) is 0. The summed E-state index contributed by atoms with van der Waals surface area (Å²) in [7, 11) is 0. The van der Waals surface area contributed by atoms with E-state index in [-0.39, 0.29) is 12.1 Å². The van der Waals surface area contributed by atoms with Gasteiger partial charge in [0, 0.05) is 30.2 Å². The van der Waals surface area contributed by atoms with Crippen LogP contribution >= 0.6 is 15.9 Å². The van der Waals surface area contributed by atoms with Gasteiger partial charge in [0.15, 0.2) is 0 Å². The molecule has 0 radical (unpaired) electrons. The third-order valence-corrected chi connectivity index (χ3v) is 4.46. The Morgan fingerprint density at radius 2 is 2.30 bits per heavy atom. The maximum absolute atomic E-state index is 6.03. The first-order chi connectivity index (χ1) is 9.60. The van der Waals surface area contributed by atoms with Crippen LogP contribution in [0, 0.1) is 0 Å². The molecule has 4 heteroatoms. The Morgan fingerprint density at radius 3 is 3.00 bits per heavy atom. The summed E-state index contributed by atoms with van der Waals surface area (Å²) in [5.41, 5.74) is 8.59. The molecule has 2 rings (SSSR count). The molecule has 0 aromatic heterocycles. The minimum absolute atomic E-state index is 0.249. The highest BCUT2D eigenvalue weighted by Crippen LogP contribution is 2.29. The lowest BCUT2D eigenvalue weighted by Crippen LogP contribution is -2.30. The van der Waals surface area contributed by atoms with Crippen LogP contribution in [0.25, 0.3) is 0 Å². The van der Waals surface area contributed by atoms with E-state index in [0.29, 0.717) is 0 Å². The number of ether oxygens (including phenoxy) is 1. The van der Waals surface area contributed by atoms with Crippen molar-refractivity contribution in [2.24, 2.45) is 5.73 Å². The van der Waals surface area contributed by atoms with E-state index in [2.05, 4.69) is 52.9 Å². The number of nitrogens with zero attached hydrogens (tertiary/aromatic N) is 1. The highest BCUT2D eigenvalue weighted by molar-refractivity contribution is 9.10. The van der Waals surface area contributed by atoms with Gasteiger partial charge in [0.25, 0.3) is 0 Å². The summed E-state index contributed by atoms with van der Waals surface area (Å²) < 4.78 is 6.87. The first kappa shape index (κ1) is 15.8. The quantitative estimate of drug-likeness (QED) is 0.913. The average Bonchev–Trinajstić information content (AvgIpc) is 2.63. The van der Waals surface area contributed by atoms with Crippen molar-refractivity contribution in [2.45, 2.75) is 45.3 Å². The second-order valence-electron chi connectivity index (χ2n) is 5.64. The van der Waals surface area contributed by atoms with Crippen molar-refractivity contribution < 1.29 is 4.74 Å². The van der Waals surface area contributed by atoms with Gasteiger partial charge in [-0.25, -0.2) is 0 Å². The van der Waals surface area contributed by atoms with E-state index in [0.717, 1.165) is 43.4 Å². The van der Waals surface area contributed by atoms with E-state index in [1.165, 1.54) is 11.3 Å².